The number of ether oxygens (including phenoxy) is 1. The van der Waals surface area contributed by atoms with E-state index in [0.29, 0.717) is 11.7 Å². The van der Waals surface area contributed by atoms with Crippen molar-refractivity contribution >= 4 is 28.5 Å². The van der Waals surface area contributed by atoms with E-state index >= 15 is 0 Å². The molecule has 5 nitrogen and oxygen atoms in total. The van der Waals surface area contributed by atoms with Crippen molar-refractivity contribution in [3.63, 3.8) is 0 Å². The van der Waals surface area contributed by atoms with Crippen molar-refractivity contribution in [2.45, 2.75) is 6.92 Å². The molecule has 1 aromatic carbocycles. The van der Waals surface area contributed by atoms with Gasteiger partial charge in [0.15, 0.2) is 0 Å². The van der Waals surface area contributed by atoms with Gasteiger partial charge in [0.25, 0.3) is 0 Å². The molecule has 0 unspecified atom stereocenters. The van der Waals surface area contributed by atoms with E-state index in [1.54, 1.807) is 11.6 Å². The molecule has 1 heterocycles. The molecule has 1 N–H and O–H groups in total. The Morgan fingerprint density at radius 3 is 3.05 bits per heavy atom. The van der Waals surface area contributed by atoms with E-state index in [0.717, 1.165) is 11.3 Å². The van der Waals surface area contributed by atoms with Crippen LogP contribution in [0.4, 0.5) is 5.13 Å². The van der Waals surface area contributed by atoms with Gasteiger partial charge in [0.05, 0.1) is 6.61 Å². The third kappa shape index (κ3) is 3.89. The fourth-order valence-electron chi connectivity index (χ4n) is 1.45. The third-order valence-electron chi connectivity index (χ3n) is 2.22. The molecule has 0 saturated carbocycles. The average Bonchev–Trinajstić information content (AvgIpc) is 2.91. The predicted molar refractivity (Wildman–Crippen MR) is 75.2 cm³/mol. The highest BCUT2D eigenvalue weighted by Gasteiger charge is 2.02. The Balaban J connectivity index is 2.03. The number of amides is 1. The number of rotatable bonds is 5. The van der Waals surface area contributed by atoms with Crippen LogP contribution in [0, 0.1) is 0 Å². The van der Waals surface area contributed by atoms with Crippen LogP contribution < -0.4 is 10.1 Å². The van der Waals surface area contributed by atoms with Gasteiger partial charge >= 0.3 is 0 Å². The quantitative estimate of drug-likeness (QED) is 0.852. The minimum atomic E-state index is -0.247. The summed E-state index contributed by atoms with van der Waals surface area (Å²) in [5, 5.41) is 10.5. The van der Waals surface area contributed by atoms with Crippen molar-refractivity contribution in [2.24, 2.45) is 0 Å². The van der Waals surface area contributed by atoms with Crippen LogP contribution in [-0.4, -0.2) is 22.7 Å². The summed E-state index contributed by atoms with van der Waals surface area (Å²) in [6.07, 6.45) is 3.15. The van der Waals surface area contributed by atoms with Crippen molar-refractivity contribution < 1.29 is 9.53 Å². The molecule has 2 rings (SSSR count). The number of nitrogens with one attached hydrogen (secondary N) is 1. The Kier molecular flexibility index (Phi) is 4.63. The first kappa shape index (κ1) is 13.2. The molecule has 0 aliphatic rings. The average molecular weight is 275 g/mol. The molecular weight excluding hydrogens is 262 g/mol. The number of carbonyl (C=O) groups is 1. The molecule has 98 valence electrons. The topological polar surface area (TPSA) is 64.1 Å². The van der Waals surface area contributed by atoms with Crippen LogP contribution in [0.3, 0.4) is 0 Å². The summed E-state index contributed by atoms with van der Waals surface area (Å²) >= 11 is 1.27. The van der Waals surface area contributed by atoms with Gasteiger partial charge in [-0.05, 0) is 19.1 Å². The zero-order valence-corrected chi connectivity index (χ0v) is 11.2. The highest BCUT2D eigenvalue weighted by Crippen LogP contribution is 2.19. The fraction of sp³-hybridized carbons (Fsp3) is 0.154. The van der Waals surface area contributed by atoms with Crippen LogP contribution in [0.5, 0.6) is 5.75 Å². The fourth-order valence-corrected chi connectivity index (χ4v) is 1.89. The van der Waals surface area contributed by atoms with E-state index in [-0.39, 0.29) is 5.91 Å². The second-order valence-electron chi connectivity index (χ2n) is 3.54. The molecule has 0 atom stereocenters. The van der Waals surface area contributed by atoms with Crippen LogP contribution in [0.25, 0.3) is 6.08 Å². The van der Waals surface area contributed by atoms with Gasteiger partial charge < -0.3 is 4.74 Å². The third-order valence-corrected chi connectivity index (χ3v) is 2.83. The zero-order chi connectivity index (χ0) is 13.5. The predicted octanol–water partition coefficient (Wildman–Crippen LogP) is 2.59. The SMILES string of the molecule is CCOc1ccccc1/C=C/C(=O)Nc1nncs1. The van der Waals surface area contributed by atoms with Crippen molar-refractivity contribution in [1.29, 1.82) is 0 Å². The summed E-state index contributed by atoms with van der Waals surface area (Å²) in [7, 11) is 0. The Hall–Kier alpha value is -2.21. The van der Waals surface area contributed by atoms with Crippen LogP contribution in [0.2, 0.25) is 0 Å². The number of carbonyl (C=O) groups excluding carboxylic acids is 1. The zero-order valence-electron chi connectivity index (χ0n) is 10.4. The molecule has 0 bridgehead atoms. The molecule has 19 heavy (non-hydrogen) atoms. The lowest BCUT2D eigenvalue weighted by Gasteiger charge is -2.05. The Bertz CT molecular complexity index is 567. The molecule has 0 spiro atoms. The maximum Gasteiger partial charge on any atom is 0.250 e. The summed E-state index contributed by atoms with van der Waals surface area (Å²) < 4.78 is 5.47. The molecule has 0 fully saturated rings. The van der Waals surface area contributed by atoms with Crippen LogP contribution in [0.1, 0.15) is 12.5 Å². The molecule has 1 aromatic heterocycles. The largest absolute Gasteiger partial charge is 0.493 e. The minimum Gasteiger partial charge on any atom is -0.493 e. The van der Waals surface area contributed by atoms with Crippen molar-refractivity contribution in [1.82, 2.24) is 10.2 Å². The minimum absolute atomic E-state index is 0.247. The normalized spacial score (nSPS) is 10.6. The van der Waals surface area contributed by atoms with E-state index in [1.807, 2.05) is 31.2 Å². The van der Waals surface area contributed by atoms with Gasteiger partial charge in [-0.15, -0.1) is 10.2 Å². The number of hydrogen-bond acceptors (Lipinski definition) is 5. The first-order chi connectivity index (χ1) is 9.29. The molecular formula is C13H13N3O2S. The molecule has 0 aliphatic carbocycles. The van der Waals surface area contributed by atoms with E-state index in [9.17, 15) is 4.79 Å². The van der Waals surface area contributed by atoms with Gasteiger partial charge in [0, 0.05) is 11.6 Å². The number of hydrogen-bond donors (Lipinski definition) is 1. The maximum absolute atomic E-state index is 11.7. The molecule has 0 aliphatic heterocycles. The summed E-state index contributed by atoms with van der Waals surface area (Å²) in [5.41, 5.74) is 2.42. The Morgan fingerprint density at radius 1 is 1.47 bits per heavy atom. The number of benzene rings is 1. The van der Waals surface area contributed by atoms with E-state index in [4.69, 9.17) is 4.74 Å². The summed E-state index contributed by atoms with van der Waals surface area (Å²) in [5.74, 6) is 0.507. The highest BCUT2D eigenvalue weighted by atomic mass is 32.1. The molecule has 0 radical (unpaired) electrons. The lowest BCUT2D eigenvalue weighted by molar-refractivity contribution is -0.111. The van der Waals surface area contributed by atoms with Gasteiger partial charge in [0.1, 0.15) is 11.3 Å². The lowest BCUT2D eigenvalue weighted by Crippen LogP contribution is -2.07. The monoisotopic (exact) mass is 275 g/mol. The van der Waals surface area contributed by atoms with E-state index in [2.05, 4.69) is 15.5 Å². The van der Waals surface area contributed by atoms with Gasteiger partial charge in [-0.3, -0.25) is 10.1 Å². The van der Waals surface area contributed by atoms with Crippen LogP contribution >= 0.6 is 11.3 Å². The van der Waals surface area contributed by atoms with E-state index in [1.165, 1.54) is 17.4 Å². The van der Waals surface area contributed by atoms with Gasteiger partial charge in [-0.25, -0.2) is 0 Å². The molecule has 6 heteroatoms. The Labute approximate surface area is 114 Å². The maximum atomic E-state index is 11.7. The second-order valence-corrected chi connectivity index (χ2v) is 4.37. The van der Waals surface area contributed by atoms with Crippen LogP contribution in [0.15, 0.2) is 35.9 Å². The van der Waals surface area contributed by atoms with Crippen LogP contribution in [-0.2, 0) is 4.79 Å². The molecule has 2 aromatic rings. The van der Waals surface area contributed by atoms with Gasteiger partial charge in [-0.2, -0.15) is 0 Å². The smallest absolute Gasteiger partial charge is 0.250 e. The van der Waals surface area contributed by atoms with Crippen molar-refractivity contribution in [3.05, 3.63) is 41.4 Å². The Morgan fingerprint density at radius 2 is 2.32 bits per heavy atom. The summed E-state index contributed by atoms with van der Waals surface area (Å²) in [4.78, 5) is 11.7. The summed E-state index contributed by atoms with van der Waals surface area (Å²) in [6, 6.07) is 7.54. The number of para-hydroxylation sites is 1. The second kappa shape index (κ2) is 6.65. The van der Waals surface area contributed by atoms with Crippen molar-refractivity contribution in [3.8, 4) is 5.75 Å². The first-order valence-corrected chi connectivity index (χ1v) is 6.64. The highest BCUT2D eigenvalue weighted by molar-refractivity contribution is 7.13. The number of nitrogens with zero attached hydrogens (tertiary/aromatic N) is 2. The number of anilines is 1. The number of aromatic nitrogens is 2. The van der Waals surface area contributed by atoms with Gasteiger partial charge in [0.2, 0.25) is 11.0 Å². The van der Waals surface area contributed by atoms with Crippen molar-refractivity contribution in [2.75, 3.05) is 11.9 Å². The van der Waals surface area contributed by atoms with Gasteiger partial charge in [-0.1, -0.05) is 29.5 Å². The van der Waals surface area contributed by atoms with E-state index < -0.39 is 0 Å². The summed E-state index contributed by atoms with van der Waals surface area (Å²) in [6.45, 7) is 2.50. The molecule has 1 amide bonds. The first-order valence-electron chi connectivity index (χ1n) is 5.76. The standard InChI is InChI=1S/C13H13N3O2S/c1-2-18-11-6-4-3-5-10(11)7-8-12(17)15-13-16-14-9-19-13/h3-9H,2H2,1H3,(H,15,16,17)/b8-7+. The molecule has 0 saturated heterocycles. The lowest BCUT2D eigenvalue weighted by atomic mass is 10.2.